The van der Waals surface area contributed by atoms with Gasteiger partial charge in [0.15, 0.2) is 15.7 Å². The molecule has 1 unspecified atom stereocenters. The second-order valence-corrected chi connectivity index (χ2v) is 8.37. The highest BCUT2D eigenvalue weighted by Gasteiger charge is 2.44. The van der Waals surface area contributed by atoms with Gasteiger partial charge in [-0.25, -0.2) is 8.42 Å². The van der Waals surface area contributed by atoms with Crippen LogP contribution in [0.1, 0.15) is 44.9 Å². The van der Waals surface area contributed by atoms with Crippen molar-refractivity contribution in [1.29, 1.82) is 0 Å². The number of hydrogen-bond donors (Lipinski definition) is 3. The molecule has 0 aromatic rings. The Morgan fingerprint density at radius 2 is 1.95 bits per heavy atom. The Kier molecular flexibility index (Phi) is 4.75. The summed E-state index contributed by atoms with van der Waals surface area (Å²) in [5.74, 6) is -0.201. The minimum Gasteiger partial charge on any atom is -0.409 e. The second kappa shape index (κ2) is 6.21. The topological polar surface area (TPSA) is 122 Å². The molecule has 0 aromatic carbocycles. The molecule has 1 amide bonds. The zero-order valence-corrected chi connectivity index (χ0v) is 12.9. The van der Waals surface area contributed by atoms with Crippen LogP contribution >= 0.6 is 0 Å². The number of rotatable bonds is 4. The molecule has 120 valence electrons. The van der Waals surface area contributed by atoms with E-state index >= 15 is 0 Å². The molecule has 0 bridgehead atoms. The van der Waals surface area contributed by atoms with Crippen molar-refractivity contribution in [2.24, 2.45) is 16.3 Å². The SMILES string of the molecule is NC(=NO)C1(C(=O)NCC2CCCS2(=O)=O)CCCCC1. The molecule has 1 saturated heterocycles. The van der Waals surface area contributed by atoms with Crippen LogP contribution in [0.4, 0.5) is 0 Å². The lowest BCUT2D eigenvalue weighted by molar-refractivity contribution is -0.129. The van der Waals surface area contributed by atoms with Crippen molar-refractivity contribution in [2.75, 3.05) is 12.3 Å². The third-order valence-corrected chi connectivity index (χ3v) is 6.97. The molecule has 7 nitrogen and oxygen atoms in total. The molecule has 21 heavy (non-hydrogen) atoms. The smallest absolute Gasteiger partial charge is 0.233 e. The summed E-state index contributed by atoms with van der Waals surface area (Å²) in [4.78, 5) is 12.5. The summed E-state index contributed by atoms with van der Waals surface area (Å²) in [5.41, 5.74) is 4.75. The first-order valence-electron chi connectivity index (χ1n) is 7.40. The molecule has 1 saturated carbocycles. The fraction of sp³-hybridized carbons (Fsp3) is 0.846. The van der Waals surface area contributed by atoms with Crippen molar-refractivity contribution >= 4 is 21.6 Å². The maximum Gasteiger partial charge on any atom is 0.233 e. The minimum atomic E-state index is -3.08. The van der Waals surface area contributed by atoms with Gasteiger partial charge in [0, 0.05) is 6.54 Å². The Bertz CT molecular complexity index is 524. The Morgan fingerprint density at radius 1 is 1.29 bits per heavy atom. The van der Waals surface area contributed by atoms with E-state index in [0.717, 1.165) is 19.3 Å². The summed E-state index contributed by atoms with van der Waals surface area (Å²) in [6.07, 6.45) is 4.99. The van der Waals surface area contributed by atoms with Gasteiger partial charge in [0.2, 0.25) is 5.91 Å². The average Bonchev–Trinajstić information content (AvgIpc) is 2.83. The van der Waals surface area contributed by atoms with Crippen LogP contribution in [0.5, 0.6) is 0 Å². The summed E-state index contributed by atoms with van der Waals surface area (Å²) >= 11 is 0. The lowest BCUT2D eigenvalue weighted by Crippen LogP contribution is -2.52. The fourth-order valence-electron chi connectivity index (χ4n) is 3.31. The number of sulfone groups is 1. The Morgan fingerprint density at radius 3 is 2.48 bits per heavy atom. The molecule has 1 heterocycles. The Hall–Kier alpha value is -1.31. The van der Waals surface area contributed by atoms with Crippen molar-refractivity contribution in [3.05, 3.63) is 0 Å². The minimum absolute atomic E-state index is 0.0750. The van der Waals surface area contributed by atoms with E-state index in [1.807, 2.05) is 0 Å². The molecule has 2 aliphatic rings. The summed E-state index contributed by atoms with van der Waals surface area (Å²) in [6.45, 7) is 0.113. The molecule has 0 aromatic heterocycles. The molecule has 2 rings (SSSR count). The first-order valence-corrected chi connectivity index (χ1v) is 9.12. The van der Waals surface area contributed by atoms with E-state index < -0.39 is 20.5 Å². The van der Waals surface area contributed by atoms with Crippen LogP contribution in [-0.2, 0) is 14.6 Å². The highest BCUT2D eigenvalue weighted by atomic mass is 32.2. The summed E-state index contributed by atoms with van der Waals surface area (Å²) in [5, 5.41) is 14.2. The standard InChI is InChI=1S/C13H23N3O4S/c14-11(16-18)13(6-2-1-3-7-13)12(17)15-9-10-5-4-8-21(10,19)20/h10,18H,1-9H2,(H2,14,16)(H,15,17). The lowest BCUT2D eigenvalue weighted by atomic mass is 9.72. The molecule has 1 atom stereocenters. The molecular formula is C13H23N3O4S. The molecule has 1 aliphatic carbocycles. The first-order chi connectivity index (χ1) is 9.92. The zero-order chi connectivity index (χ0) is 15.5. The van der Waals surface area contributed by atoms with Crippen molar-refractivity contribution in [2.45, 2.75) is 50.2 Å². The molecule has 2 fully saturated rings. The Labute approximate surface area is 124 Å². The summed E-state index contributed by atoms with van der Waals surface area (Å²) in [7, 11) is -3.08. The number of nitrogens with one attached hydrogen (secondary N) is 1. The number of nitrogens with two attached hydrogens (primary N) is 1. The average molecular weight is 317 g/mol. The van der Waals surface area contributed by atoms with Crippen LogP contribution in [0, 0.1) is 5.41 Å². The highest BCUT2D eigenvalue weighted by Crippen LogP contribution is 2.37. The fourth-order valence-corrected chi connectivity index (χ4v) is 5.08. The zero-order valence-electron chi connectivity index (χ0n) is 12.0. The first kappa shape index (κ1) is 16.1. The maximum absolute atomic E-state index is 12.5. The van der Waals surface area contributed by atoms with Gasteiger partial charge in [-0.3, -0.25) is 4.79 Å². The van der Waals surface area contributed by atoms with Gasteiger partial charge in [-0.1, -0.05) is 24.4 Å². The number of carbonyl (C=O) groups excluding carboxylic acids is 1. The van der Waals surface area contributed by atoms with Gasteiger partial charge in [0.25, 0.3) is 0 Å². The number of carbonyl (C=O) groups is 1. The van der Waals surface area contributed by atoms with Crippen molar-refractivity contribution in [1.82, 2.24) is 5.32 Å². The quantitative estimate of drug-likeness (QED) is 0.299. The highest BCUT2D eigenvalue weighted by molar-refractivity contribution is 7.92. The molecule has 1 aliphatic heterocycles. The van der Waals surface area contributed by atoms with Crippen molar-refractivity contribution < 1.29 is 18.4 Å². The van der Waals surface area contributed by atoms with Crippen molar-refractivity contribution in [3.8, 4) is 0 Å². The third-order valence-electron chi connectivity index (χ3n) is 4.69. The van der Waals surface area contributed by atoms with Crippen molar-refractivity contribution in [3.63, 3.8) is 0 Å². The summed E-state index contributed by atoms with van der Waals surface area (Å²) in [6, 6.07) is 0. The van der Waals surface area contributed by atoms with Gasteiger partial charge in [-0.2, -0.15) is 0 Å². The third kappa shape index (κ3) is 3.14. The van der Waals surface area contributed by atoms with Gasteiger partial charge in [-0.05, 0) is 25.7 Å². The van der Waals surface area contributed by atoms with Gasteiger partial charge in [0.1, 0.15) is 5.41 Å². The predicted molar refractivity (Wildman–Crippen MR) is 78.7 cm³/mol. The lowest BCUT2D eigenvalue weighted by Gasteiger charge is -2.34. The largest absolute Gasteiger partial charge is 0.409 e. The van der Waals surface area contributed by atoms with Crippen LogP contribution in [-0.4, -0.2) is 42.9 Å². The molecular weight excluding hydrogens is 294 g/mol. The monoisotopic (exact) mass is 317 g/mol. The van der Waals surface area contributed by atoms with E-state index in [-0.39, 0.29) is 24.0 Å². The number of nitrogens with zero attached hydrogens (tertiary/aromatic N) is 1. The Balaban J connectivity index is 2.06. The van der Waals surface area contributed by atoms with Gasteiger partial charge in [0.05, 0.1) is 11.0 Å². The molecule has 0 spiro atoms. The second-order valence-electron chi connectivity index (χ2n) is 5.97. The molecule has 0 radical (unpaired) electrons. The maximum atomic E-state index is 12.5. The number of amides is 1. The van der Waals surface area contributed by atoms with Crippen LogP contribution in [0.3, 0.4) is 0 Å². The normalized spacial score (nSPS) is 28.2. The van der Waals surface area contributed by atoms with Crippen LogP contribution in [0.15, 0.2) is 5.16 Å². The number of hydrogen-bond acceptors (Lipinski definition) is 5. The van der Waals surface area contributed by atoms with Crippen LogP contribution in [0.25, 0.3) is 0 Å². The summed E-state index contributed by atoms with van der Waals surface area (Å²) < 4.78 is 23.6. The van der Waals surface area contributed by atoms with Gasteiger partial charge >= 0.3 is 0 Å². The number of amidine groups is 1. The van der Waals surface area contributed by atoms with E-state index in [1.54, 1.807) is 0 Å². The number of oxime groups is 1. The predicted octanol–water partition coefficient (Wildman–Crippen LogP) is 0.377. The van der Waals surface area contributed by atoms with Gasteiger partial charge < -0.3 is 16.3 Å². The molecule has 8 heteroatoms. The van der Waals surface area contributed by atoms with E-state index in [0.29, 0.717) is 25.7 Å². The molecule has 4 N–H and O–H groups in total. The van der Waals surface area contributed by atoms with Crippen LogP contribution in [0.2, 0.25) is 0 Å². The van der Waals surface area contributed by atoms with Crippen LogP contribution < -0.4 is 11.1 Å². The van der Waals surface area contributed by atoms with E-state index in [1.165, 1.54) is 0 Å². The van der Waals surface area contributed by atoms with E-state index in [2.05, 4.69) is 10.5 Å². The van der Waals surface area contributed by atoms with E-state index in [4.69, 9.17) is 10.9 Å². The van der Waals surface area contributed by atoms with Gasteiger partial charge in [-0.15, -0.1) is 0 Å². The van der Waals surface area contributed by atoms with E-state index in [9.17, 15) is 13.2 Å².